The first-order chi connectivity index (χ1) is 11.6. The van der Waals surface area contributed by atoms with Gasteiger partial charge in [-0.25, -0.2) is 9.36 Å². The molecule has 0 spiro atoms. The Morgan fingerprint density at radius 2 is 1.72 bits per heavy atom. The number of aromatic amines is 1. The van der Waals surface area contributed by atoms with Gasteiger partial charge in [0.05, 0.1) is 0 Å². The Balaban J connectivity index is 0.00000225. The molecule has 3 aromatic heterocycles. The molecule has 3 rings (SSSR count). The Hall–Kier alpha value is -2.54. The van der Waals surface area contributed by atoms with Crippen molar-refractivity contribution in [2.24, 2.45) is 0 Å². The maximum Gasteiger partial charge on any atom is 0.328 e. The summed E-state index contributed by atoms with van der Waals surface area (Å²) < 4.78 is 3.62. The summed E-state index contributed by atoms with van der Waals surface area (Å²) >= 11 is 0. The zero-order valence-corrected chi connectivity index (χ0v) is 15.4. The quantitative estimate of drug-likeness (QED) is 0.516. The molecule has 0 aliphatic rings. The van der Waals surface area contributed by atoms with E-state index < -0.39 is 0 Å². The molecule has 6 nitrogen and oxygen atoms in total. The van der Waals surface area contributed by atoms with Crippen LogP contribution in [0.25, 0.3) is 11.1 Å². The normalized spacial score (nSPS) is 10.3. The number of rotatable bonds is 5. The van der Waals surface area contributed by atoms with Gasteiger partial charge in [0, 0.05) is 49.3 Å². The van der Waals surface area contributed by atoms with Crippen molar-refractivity contribution in [2.45, 2.75) is 26.4 Å². The monoisotopic (exact) mass is 402 g/mol. The molecule has 3 aromatic rings. The molecule has 0 aliphatic heterocycles. The van der Waals surface area contributed by atoms with Crippen LogP contribution in [-0.2, 0) is 13.1 Å². The molecular formula is C18H19BrN4O2. The summed E-state index contributed by atoms with van der Waals surface area (Å²) in [7, 11) is 0. The van der Waals surface area contributed by atoms with Gasteiger partial charge in [0.2, 0.25) is 0 Å². The average molecular weight is 403 g/mol. The summed E-state index contributed by atoms with van der Waals surface area (Å²) in [5, 5.41) is 0. The summed E-state index contributed by atoms with van der Waals surface area (Å²) in [5.74, 6) is 0. The number of nitrogens with zero attached hydrogens (tertiary/aromatic N) is 3. The summed E-state index contributed by atoms with van der Waals surface area (Å²) in [6.45, 7) is 3.05. The third kappa shape index (κ3) is 4.73. The lowest BCUT2D eigenvalue weighted by Crippen LogP contribution is -3.00. The number of nitrogens with one attached hydrogen (secondary N) is 1. The minimum absolute atomic E-state index is 0. The Labute approximate surface area is 155 Å². The standard InChI is InChI=1S/C18H18N4O2.BrH/c1-14-13-22(18(24)20-17(14)23)10-2-9-21-11-5-16(6-12-21)15-3-7-19-8-4-15;/h3-8,11-13H,2,9-10H2,1H3;1H. The highest BCUT2D eigenvalue weighted by atomic mass is 79.9. The second kappa shape index (κ2) is 8.53. The fraction of sp³-hybridized carbons (Fsp3) is 0.222. The van der Waals surface area contributed by atoms with Gasteiger partial charge in [-0.1, -0.05) is 0 Å². The van der Waals surface area contributed by atoms with Crippen molar-refractivity contribution >= 4 is 0 Å². The van der Waals surface area contributed by atoms with Crippen molar-refractivity contribution in [3.05, 3.63) is 81.7 Å². The predicted molar refractivity (Wildman–Crippen MR) is 90.5 cm³/mol. The molecule has 0 saturated heterocycles. The van der Waals surface area contributed by atoms with Gasteiger partial charge < -0.3 is 21.5 Å². The lowest BCUT2D eigenvalue weighted by molar-refractivity contribution is -0.697. The highest BCUT2D eigenvalue weighted by Crippen LogP contribution is 2.15. The van der Waals surface area contributed by atoms with Crippen LogP contribution in [0.15, 0.2) is 64.8 Å². The zero-order chi connectivity index (χ0) is 16.9. The van der Waals surface area contributed by atoms with Crippen molar-refractivity contribution in [1.82, 2.24) is 14.5 Å². The molecule has 3 heterocycles. The maximum absolute atomic E-state index is 11.7. The first kappa shape index (κ1) is 18.8. The molecule has 0 bridgehead atoms. The van der Waals surface area contributed by atoms with E-state index in [4.69, 9.17) is 0 Å². The minimum atomic E-state index is -0.358. The van der Waals surface area contributed by atoms with Crippen LogP contribution in [0, 0.1) is 6.92 Å². The molecule has 0 aromatic carbocycles. The summed E-state index contributed by atoms with van der Waals surface area (Å²) in [5.41, 5.74) is 2.14. The van der Waals surface area contributed by atoms with Crippen LogP contribution in [0.1, 0.15) is 12.0 Å². The molecule has 0 unspecified atom stereocenters. The van der Waals surface area contributed by atoms with Crippen molar-refractivity contribution < 1.29 is 21.5 Å². The van der Waals surface area contributed by atoms with E-state index in [1.807, 2.05) is 24.5 Å². The van der Waals surface area contributed by atoms with Crippen LogP contribution in [0.5, 0.6) is 0 Å². The van der Waals surface area contributed by atoms with Gasteiger partial charge in [0.1, 0.15) is 6.54 Å². The zero-order valence-electron chi connectivity index (χ0n) is 13.9. The largest absolute Gasteiger partial charge is 1.00 e. The second-order valence-corrected chi connectivity index (χ2v) is 5.68. The van der Waals surface area contributed by atoms with E-state index in [1.54, 1.807) is 30.1 Å². The SMILES string of the molecule is Cc1cn(CCC[n+]2ccc(-c3ccncc3)cc2)c(=O)[nH]c1=O.[Br-]. The first-order valence-corrected chi connectivity index (χ1v) is 7.83. The number of halogens is 1. The Morgan fingerprint density at radius 3 is 2.40 bits per heavy atom. The highest BCUT2D eigenvalue weighted by Gasteiger charge is 2.05. The second-order valence-electron chi connectivity index (χ2n) is 5.68. The Kier molecular flexibility index (Phi) is 6.41. The van der Waals surface area contributed by atoms with E-state index >= 15 is 0 Å². The summed E-state index contributed by atoms with van der Waals surface area (Å²) in [6.07, 6.45) is 10.0. The van der Waals surface area contributed by atoms with Gasteiger partial charge in [0.25, 0.3) is 5.56 Å². The number of H-pyrrole nitrogens is 1. The van der Waals surface area contributed by atoms with E-state index in [0.717, 1.165) is 24.1 Å². The third-order valence-electron chi connectivity index (χ3n) is 3.91. The van der Waals surface area contributed by atoms with Crippen molar-refractivity contribution in [1.29, 1.82) is 0 Å². The van der Waals surface area contributed by atoms with Crippen molar-refractivity contribution in [3.8, 4) is 11.1 Å². The number of aryl methyl sites for hydroxylation is 3. The van der Waals surface area contributed by atoms with Crippen LogP contribution in [-0.4, -0.2) is 14.5 Å². The van der Waals surface area contributed by atoms with E-state index in [1.165, 1.54) is 0 Å². The van der Waals surface area contributed by atoms with E-state index in [2.05, 4.69) is 26.7 Å². The van der Waals surface area contributed by atoms with Crippen molar-refractivity contribution in [3.63, 3.8) is 0 Å². The maximum atomic E-state index is 11.7. The number of aromatic nitrogens is 4. The Bertz CT molecular complexity index is 934. The molecule has 0 fully saturated rings. The number of hydrogen-bond donors (Lipinski definition) is 1. The summed E-state index contributed by atoms with van der Waals surface area (Å²) in [4.78, 5) is 29.4. The van der Waals surface area contributed by atoms with Gasteiger partial charge >= 0.3 is 5.69 Å². The van der Waals surface area contributed by atoms with Crippen LogP contribution in [0.2, 0.25) is 0 Å². The molecule has 0 radical (unpaired) electrons. The van der Waals surface area contributed by atoms with E-state index in [0.29, 0.717) is 12.1 Å². The lowest BCUT2D eigenvalue weighted by atomic mass is 10.1. The van der Waals surface area contributed by atoms with Crippen LogP contribution in [0.4, 0.5) is 0 Å². The smallest absolute Gasteiger partial charge is 0.328 e. The van der Waals surface area contributed by atoms with E-state index in [9.17, 15) is 9.59 Å². The van der Waals surface area contributed by atoms with E-state index in [-0.39, 0.29) is 28.2 Å². The van der Waals surface area contributed by atoms with Gasteiger partial charge in [-0.2, -0.15) is 0 Å². The fourth-order valence-corrected chi connectivity index (χ4v) is 2.55. The van der Waals surface area contributed by atoms with Gasteiger partial charge in [-0.15, -0.1) is 0 Å². The molecule has 0 atom stereocenters. The molecule has 7 heteroatoms. The first-order valence-electron chi connectivity index (χ1n) is 7.83. The topological polar surface area (TPSA) is 71.6 Å². The molecule has 1 N–H and O–H groups in total. The molecule has 130 valence electrons. The minimum Gasteiger partial charge on any atom is -1.00 e. The fourth-order valence-electron chi connectivity index (χ4n) is 2.55. The number of pyridine rings is 2. The average Bonchev–Trinajstić information content (AvgIpc) is 2.61. The molecule has 25 heavy (non-hydrogen) atoms. The molecule has 0 aliphatic carbocycles. The molecule has 0 amide bonds. The van der Waals surface area contributed by atoms with Gasteiger partial charge in [-0.3, -0.25) is 14.8 Å². The summed E-state index contributed by atoms with van der Waals surface area (Å²) in [6, 6.07) is 8.08. The molecular weight excluding hydrogens is 384 g/mol. The van der Waals surface area contributed by atoms with Crippen LogP contribution in [0.3, 0.4) is 0 Å². The highest BCUT2D eigenvalue weighted by molar-refractivity contribution is 5.61. The Morgan fingerprint density at radius 1 is 1.08 bits per heavy atom. The van der Waals surface area contributed by atoms with Crippen LogP contribution >= 0.6 is 0 Å². The van der Waals surface area contributed by atoms with Gasteiger partial charge in [-0.05, 0) is 30.2 Å². The van der Waals surface area contributed by atoms with Crippen LogP contribution < -0.4 is 32.8 Å². The predicted octanol–water partition coefficient (Wildman–Crippen LogP) is -1.71. The number of hydrogen-bond acceptors (Lipinski definition) is 3. The van der Waals surface area contributed by atoms with Crippen molar-refractivity contribution in [2.75, 3.05) is 0 Å². The van der Waals surface area contributed by atoms with Gasteiger partial charge in [0.15, 0.2) is 12.4 Å². The lowest BCUT2D eigenvalue weighted by Gasteiger charge is -2.05. The molecule has 0 saturated carbocycles. The third-order valence-corrected chi connectivity index (χ3v) is 3.91.